The smallest absolute Gasteiger partial charge is 0.149 e. The zero-order chi connectivity index (χ0) is 12.6. The third kappa shape index (κ3) is 2.04. The van der Waals surface area contributed by atoms with E-state index in [9.17, 15) is 4.39 Å². The van der Waals surface area contributed by atoms with Crippen LogP contribution in [0.1, 0.15) is 17.0 Å². The maximum absolute atomic E-state index is 13.9. The molecule has 0 aliphatic heterocycles. The van der Waals surface area contributed by atoms with E-state index in [1.165, 1.54) is 10.7 Å². The number of rotatable bonds is 2. The van der Waals surface area contributed by atoms with E-state index in [0.717, 1.165) is 11.4 Å². The largest absolute Gasteiger partial charge is 0.384 e. The molecule has 0 amide bonds. The molecule has 5 heteroatoms. The molecule has 0 spiro atoms. The van der Waals surface area contributed by atoms with Gasteiger partial charge in [0, 0.05) is 11.3 Å². The van der Waals surface area contributed by atoms with E-state index >= 15 is 0 Å². The van der Waals surface area contributed by atoms with Crippen LogP contribution in [0.25, 0.3) is 5.69 Å². The molecule has 2 rings (SSSR count). The van der Waals surface area contributed by atoms with E-state index in [1.807, 2.05) is 19.9 Å². The van der Waals surface area contributed by atoms with Gasteiger partial charge in [0.25, 0.3) is 0 Å². The Labute approximate surface area is 98.4 Å². The lowest BCUT2D eigenvalue weighted by Crippen LogP contribution is -2.12. The van der Waals surface area contributed by atoms with Gasteiger partial charge < -0.3 is 5.73 Å². The Morgan fingerprint density at radius 3 is 2.53 bits per heavy atom. The highest BCUT2D eigenvalue weighted by Crippen LogP contribution is 2.17. The lowest BCUT2D eigenvalue weighted by Gasteiger charge is -2.07. The van der Waals surface area contributed by atoms with E-state index in [0.29, 0.717) is 11.3 Å². The topological polar surface area (TPSA) is 67.7 Å². The molecule has 0 aliphatic rings. The summed E-state index contributed by atoms with van der Waals surface area (Å²) in [6, 6.07) is 6.30. The van der Waals surface area contributed by atoms with Gasteiger partial charge in [0.05, 0.1) is 5.69 Å². The summed E-state index contributed by atoms with van der Waals surface area (Å²) >= 11 is 0. The second-order valence-electron chi connectivity index (χ2n) is 3.92. The maximum Gasteiger partial charge on any atom is 0.149 e. The fourth-order valence-corrected chi connectivity index (χ4v) is 1.72. The van der Waals surface area contributed by atoms with E-state index in [2.05, 4.69) is 5.10 Å². The first-order valence-electron chi connectivity index (χ1n) is 5.16. The van der Waals surface area contributed by atoms with Crippen molar-refractivity contribution in [3.8, 4) is 5.69 Å². The predicted octanol–water partition coefficient (Wildman–Crippen LogP) is 1.91. The Morgan fingerprint density at radius 1 is 1.35 bits per heavy atom. The fourth-order valence-electron chi connectivity index (χ4n) is 1.72. The molecule has 0 radical (unpaired) electrons. The minimum atomic E-state index is -0.441. The number of nitrogens with two attached hydrogens (primary N) is 1. The average molecular weight is 232 g/mol. The van der Waals surface area contributed by atoms with Crippen LogP contribution >= 0.6 is 0 Å². The minimum Gasteiger partial charge on any atom is -0.384 e. The Kier molecular flexibility index (Phi) is 2.67. The lowest BCUT2D eigenvalue weighted by atomic mass is 10.2. The molecule has 4 nitrogen and oxygen atoms in total. The first-order chi connectivity index (χ1) is 7.99. The highest BCUT2D eigenvalue weighted by atomic mass is 19.1. The number of nitrogens with zero attached hydrogens (tertiary/aromatic N) is 2. The second kappa shape index (κ2) is 4.01. The number of amidine groups is 1. The average Bonchev–Trinajstić information content (AvgIpc) is 2.57. The van der Waals surface area contributed by atoms with Gasteiger partial charge in [0.1, 0.15) is 17.3 Å². The van der Waals surface area contributed by atoms with Gasteiger partial charge in [-0.25, -0.2) is 9.07 Å². The third-order valence-corrected chi connectivity index (χ3v) is 2.50. The quantitative estimate of drug-likeness (QED) is 0.613. The molecule has 0 saturated heterocycles. The van der Waals surface area contributed by atoms with Gasteiger partial charge in [0.2, 0.25) is 0 Å². The molecule has 88 valence electrons. The zero-order valence-electron chi connectivity index (χ0n) is 9.66. The summed E-state index contributed by atoms with van der Waals surface area (Å²) in [4.78, 5) is 0. The van der Waals surface area contributed by atoms with Crippen molar-refractivity contribution in [2.24, 2.45) is 5.73 Å². The highest BCUT2D eigenvalue weighted by Gasteiger charge is 2.10. The molecule has 17 heavy (non-hydrogen) atoms. The Balaban J connectivity index is 2.54. The molecule has 0 bridgehead atoms. The molecule has 0 unspecified atom stereocenters. The number of benzene rings is 1. The first-order valence-corrected chi connectivity index (χ1v) is 5.16. The monoisotopic (exact) mass is 232 g/mol. The van der Waals surface area contributed by atoms with Crippen LogP contribution in [0.5, 0.6) is 0 Å². The number of halogens is 1. The van der Waals surface area contributed by atoms with Crippen molar-refractivity contribution in [3.05, 3.63) is 47.0 Å². The molecule has 0 saturated carbocycles. The van der Waals surface area contributed by atoms with E-state index in [1.54, 1.807) is 12.1 Å². The third-order valence-electron chi connectivity index (χ3n) is 2.50. The standard InChI is InChI=1S/C12H13FN4/c1-7-5-8(2)17(16-7)11-4-3-9(12(14)15)6-10(11)13/h3-6H,1-2H3,(H3,14,15). The second-order valence-corrected chi connectivity index (χ2v) is 3.92. The van der Waals surface area contributed by atoms with Crippen LogP contribution in [0.15, 0.2) is 24.3 Å². The van der Waals surface area contributed by atoms with Crippen molar-refractivity contribution in [3.63, 3.8) is 0 Å². The molecule has 1 heterocycles. The molecule has 1 aromatic heterocycles. The van der Waals surface area contributed by atoms with Gasteiger partial charge in [-0.15, -0.1) is 0 Å². The molecular weight excluding hydrogens is 219 g/mol. The summed E-state index contributed by atoms with van der Waals surface area (Å²) in [6.07, 6.45) is 0. The molecule has 0 fully saturated rings. The van der Waals surface area contributed by atoms with Gasteiger partial charge in [-0.05, 0) is 38.1 Å². The van der Waals surface area contributed by atoms with Crippen LogP contribution in [-0.2, 0) is 0 Å². The SMILES string of the molecule is Cc1cc(C)n(-c2ccc(C(=N)N)cc2F)n1. The number of aromatic nitrogens is 2. The Morgan fingerprint density at radius 2 is 2.06 bits per heavy atom. The van der Waals surface area contributed by atoms with Crippen molar-refractivity contribution < 1.29 is 4.39 Å². The number of hydrogen-bond donors (Lipinski definition) is 2. The van der Waals surface area contributed by atoms with Gasteiger partial charge in [-0.1, -0.05) is 0 Å². The first kappa shape index (κ1) is 11.3. The van der Waals surface area contributed by atoms with Crippen LogP contribution in [-0.4, -0.2) is 15.6 Å². The molecular formula is C12H13FN4. The van der Waals surface area contributed by atoms with Crippen LogP contribution < -0.4 is 5.73 Å². The minimum absolute atomic E-state index is 0.149. The molecule has 3 N–H and O–H groups in total. The lowest BCUT2D eigenvalue weighted by molar-refractivity contribution is 0.607. The summed E-state index contributed by atoms with van der Waals surface area (Å²) in [7, 11) is 0. The number of nitrogens with one attached hydrogen (secondary N) is 1. The van der Waals surface area contributed by atoms with E-state index < -0.39 is 5.82 Å². The Bertz CT molecular complexity index is 586. The van der Waals surface area contributed by atoms with Crippen LogP contribution in [0, 0.1) is 25.1 Å². The predicted molar refractivity (Wildman–Crippen MR) is 64.0 cm³/mol. The van der Waals surface area contributed by atoms with Gasteiger partial charge in [-0.3, -0.25) is 5.41 Å². The molecule has 0 aliphatic carbocycles. The van der Waals surface area contributed by atoms with Crippen molar-refractivity contribution >= 4 is 5.84 Å². The molecule has 0 atom stereocenters. The van der Waals surface area contributed by atoms with Gasteiger partial charge in [0.15, 0.2) is 0 Å². The normalized spacial score (nSPS) is 10.5. The van der Waals surface area contributed by atoms with E-state index in [4.69, 9.17) is 11.1 Å². The van der Waals surface area contributed by atoms with Crippen molar-refractivity contribution in [2.75, 3.05) is 0 Å². The number of aryl methyl sites for hydroxylation is 2. The van der Waals surface area contributed by atoms with Gasteiger partial charge in [-0.2, -0.15) is 5.10 Å². The van der Waals surface area contributed by atoms with E-state index in [-0.39, 0.29) is 5.84 Å². The fraction of sp³-hybridized carbons (Fsp3) is 0.167. The maximum atomic E-state index is 13.9. The molecule has 2 aromatic rings. The van der Waals surface area contributed by atoms with Crippen LogP contribution in [0.2, 0.25) is 0 Å². The zero-order valence-corrected chi connectivity index (χ0v) is 9.66. The number of nitrogen functional groups attached to an aromatic ring is 1. The summed E-state index contributed by atoms with van der Waals surface area (Å²) in [5, 5.41) is 11.4. The summed E-state index contributed by atoms with van der Waals surface area (Å²) in [5.41, 5.74) is 7.72. The molecule has 1 aromatic carbocycles. The summed E-state index contributed by atoms with van der Waals surface area (Å²) in [5.74, 6) is -0.590. The Hall–Kier alpha value is -2.17. The van der Waals surface area contributed by atoms with Crippen molar-refractivity contribution in [1.82, 2.24) is 9.78 Å². The van der Waals surface area contributed by atoms with Crippen molar-refractivity contribution in [2.45, 2.75) is 13.8 Å². The summed E-state index contributed by atoms with van der Waals surface area (Å²) in [6.45, 7) is 3.71. The van der Waals surface area contributed by atoms with Gasteiger partial charge >= 0.3 is 0 Å². The van der Waals surface area contributed by atoms with Crippen molar-refractivity contribution in [1.29, 1.82) is 5.41 Å². The summed E-state index contributed by atoms with van der Waals surface area (Å²) < 4.78 is 15.4. The van der Waals surface area contributed by atoms with Crippen LogP contribution in [0.4, 0.5) is 4.39 Å². The highest BCUT2D eigenvalue weighted by molar-refractivity contribution is 5.95. The number of hydrogen-bond acceptors (Lipinski definition) is 2. The van der Waals surface area contributed by atoms with Crippen LogP contribution in [0.3, 0.4) is 0 Å².